The van der Waals surface area contributed by atoms with Gasteiger partial charge in [-0.05, 0) is 65.9 Å². The van der Waals surface area contributed by atoms with Gasteiger partial charge in [0.05, 0.1) is 12.5 Å². The SMILES string of the molecule is COc1cccc(-c2ccc(NC(=O)C3(c4ccc5c(c4)OCO5)CC3)cc2)c1. The second-order valence-corrected chi connectivity index (χ2v) is 7.41. The monoisotopic (exact) mass is 387 g/mol. The van der Waals surface area contributed by atoms with E-state index in [-0.39, 0.29) is 12.7 Å². The fourth-order valence-corrected chi connectivity index (χ4v) is 3.77. The maximum Gasteiger partial charge on any atom is 0.235 e. The van der Waals surface area contributed by atoms with Gasteiger partial charge < -0.3 is 19.5 Å². The van der Waals surface area contributed by atoms with Gasteiger partial charge in [0, 0.05) is 5.69 Å². The number of methoxy groups -OCH3 is 1. The molecule has 1 heterocycles. The van der Waals surface area contributed by atoms with Crippen molar-refractivity contribution in [2.45, 2.75) is 18.3 Å². The van der Waals surface area contributed by atoms with Crippen LogP contribution in [0.4, 0.5) is 5.69 Å². The molecule has 5 heteroatoms. The Morgan fingerprint density at radius 3 is 2.48 bits per heavy atom. The van der Waals surface area contributed by atoms with Crippen molar-refractivity contribution in [1.82, 2.24) is 0 Å². The molecule has 0 spiro atoms. The summed E-state index contributed by atoms with van der Waals surface area (Å²) in [7, 11) is 1.66. The van der Waals surface area contributed by atoms with Gasteiger partial charge in [-0.15, -0.1) is 0 Å². The number of amides is 1. The van der Waals surface area contributed by atoms with Gasteiger partial charge in [-0.2, -0.15) is 0 Å². The number of fused-ring (bicyclic) bond motifs is 1. The molecule has 29 heavy (non-hydrogen) atoms. The van der Waals surface area contributed by atoms with E-state index in [1.807, 2.05) is 66.7 Å². The number of benzene rings is 3. The average Bonchev–Trinajstić information content (AvgIpc) is 3.45. The lowest BCUT2D eigenvalue weighted by molar-refractivity contribution is -0.118. The summed E-state index contributed by atoms with van der Waals surface area (Å²) in [5, 5.41) is 3.08. The topological polar surface area (TPSA) is 56.8 Å². The summed E-state index contributed by atoms with van der Waals surface area (Å²) in [4.78, 5) is 13.0. The highest BCUT2D eigenvalue weighted by atomic mass is 16.7. The number of nitrogens with one attached hydrogen (secondary N) is 1. The lowest BCUT2D eigenvalue weighted by atomic mass is 9.94. The van der Waals surface area contributed by atoms with Gasteiger partial charge in [0.1, 0.15) is 5.75 Å². The van der Waals surface area contributed by atoms with Crippen LogP contribution in [0.5, 0.6) is 17.2 Å². The van der Waals surface area contributed by atoms with Crippen LogP contribution in [0, 0.1) is 0 Å². The number of hydrogen-bond donors (Lipinski definition) is 1. The third kappa shape index (κ3) is 3.18. The average molecular weight is 387 g/mol. The van der Waals surface area contributed by atoms with Crippen LogP contribution in [-0.2, 0) is 10.2 Å². The molecule has 1 aliphatic heterocycles. The van der Waals surface area contributed by atoms with Crippen molar-refractivity contribution in [1.29, 1.82) is 0 Å². The molecule has 0 unspecified atom stereocenters. The van der Waals surface area contributed by atoms with Crippen molar-refractivity contribution in [3.8, 4) is 28.4 Å². The molecule has 0 aromatic heterocycles. The maximum atomic E-state index is 13.0. The summed E-state index contributed by atoms with van der Waals surface area (Å²) in [5.41, 5.74) is 3.42. The van der Waals surface area contributed by atoms with E-state index < -0.39 is 5.41 Å². The molecule has 1 saturated carbocycles. The molecular weight excluding hydrogens is 366 g/mol. The van der Waals surface area contributed by atoms with Crippen LogP contribution in [0.2, 0.25) is 0 Å². The third-order valence-corrected chi connectivity index (χ3v) is 5.66. The molecule has 3 aromatic rings. The number of carbonyl (C=O) groups excluding carboxylic acids is 1. The van der Waals surface area contributed by atoms with Crippen molar-refractivity contribution in [3.63, 3.8) is 0 Å². The van der Waals surface area contributed by atoms with E-state index in [1.54, 1.807) is 7.11 Å². The second kappa shape index (κ2) is 6.85. The Balaban J connectivity index is 1.33. The normalized spacial score (nSPS) is 15.6. The zero-order chi connectivity index (χ0) is 19.8. The Labute approximate surface area is 169 Å². The van der Waals surface area contributed by atoms with E-state index >= 15 is 0 Å². The first kappa shape index (κ1) is 17.6. The van der Waals surface area contributed by atoms with Gasteiger partial charge in [-0.25, -0.2) is 0 Å². The van der Waals surface area contributed by atoms with Crippen molar-refractivity contribution >= 4 is 11.6 Å². The third-order valence-electron chi connectivity index (χ3n) is 5.66. The Hall–Kier alpha value is -3.47. The van der Waals surface area contributed by atoms with Crippen LogP contribution in [-0.4, -0.2) is 19.8 Å². The van der Waals surface area contributed by atoms with E-state index in [0.29, 0.717) is 5.75 Å². The van der Waals surface area contributed by atoms with Gasteiger partial charge in [0.2, 0.25) is 12.7 Å². The molecule has 1 aliphatic carbocycles. The second-order valence-electron chi connectivity index (χ2n) is 7.41. The Morgan fingerprint density at radius 2 is 1.72 bits per heavy atom. The van der Waals surface area contributed by atoms with Crippen molar-refractivity contribution in [3.05, 3.63) is 72.3 Å². The summed E-state index contributed by atoms with van der Waals surface area (Å²) in [5.74, 6) is 2.28. The highest BCUT2D eigenvalue weighted by Crippen LogP contribution is 2.51. The maximum absolute atomic E-state index is 13.0. The minimum Gasteiger partial charge on any atom is -0.497 e. The standard InChI is InChI=1S/C24H21NO4/c1-27-20-4-2-3-17(13-20)16-5-8-19(9-6-16)25-23(26)24(11-12-24)18-7-10-21-22(14-18)29-15-28-21/h2-10,13-14H,11-12,15H2,1H3,(H,25,26). The molecule has 0 radical (unpaired) electrons. The molecule has 5 nitrogen and oxygen atoms in total. The molecule has 1 fully saturated rings. The summed E-state index contributed by atoms with van der Waals surface area (Å²) < 4.78 is 16.1. The van der Waals surface area contributed by atoms with Gasteiger partial charge in [0.25, 0.3) is 0 Å². The highest BCUT2D eigenvalue weighted by Gasteiger charge is 2.51. The Morgan fingerprint density at radius 1 is 0.931 bits per heavy atom. The van der Waals surface area contributed by atoms with E-state index in [0.717, 1.165) is 46.7 Å². The van der Waals surface area contributed by atoms with Gasteiger partial charge in [-0.3, -0.25) is 4.79 Å². The van der Waals surface area contributed by atoms with Gasteiger partial charge in [-0.1, -0.05) is 30.3 Å². The predicted molar refractivity (Wildman–Crippen MR) is 111 cm³/mol. The summed E-state index contributed by atoms with van der Waals surface area (Å²) in [6.07, 6.45) is 1.67. The van der Waals surface area contributed by atoms with Crippen molar-refractivity contribution in [2.75, 3.05) is 19.2 Å². The lowest BCUT2D eigenvalue weighted by Crippen LogP contribution is -2.27. The number of hydrogen-bond acceptors (Lipinski definition) is 4. The molecule has 1 amide bonds. The molecule has 2 aliphatic rings. The predicted octanol–water partition coefficient (Wildman–Crippen LogP) is 4.76. The first-order chi connectivity index (χ1) is 14.2. The molecule has 0 saturated heterocycles. The van der Waals surface area contributed by atoms with E-state index in [4.69, 9.17) is 14.2 Å². The first-order valence-corrected chi connectivity index (χ1v) is 9.64. The fourth-order valence-electron chi connectivity index (χ4n) is 3.77. The molecule has 0 bridgehead atoms. The van der Waals surface area contributed by atoms with Gasteiger partial charge in [0.15, 0.2) is 11.5 Å². The number of carbonyl (C=O) groups is 1. The molecule has 5 rings (SSSR count). The van der Waals surface area contributed by atoms with E-state index in [9.17, 15) is 4.79 Å². The van der Waals surface area contributed by atoms with Crippen LogP contribution < -0.4 is 19.5 Å². The minimum absolute atomic E-state index is 0.0190. The summed E-state index contributed by atoms with van der Waals surface area (Å²) in [6.45, 7) is 0.234. The Bertz CT molecular complexity index is 1070. The van der Waals surface area contributed by atoms with E-state index in [2.05, 4.69) is 5.32 Å². The minimum atomic E-state index is -0.480. The number of ether oxygens (including phenoxy) is 3. The summed E-state index contributed by atoms with van der Waals surface area (Å²) >= 11 is 0. The van der Waals surface area contributed by atoms with E-state index in [1.165, 1.54) is 0 Å². The molecule has 146 valence electrons. The van der Waals surface area contributed by atoms with Crippen LogP contribution in [0.1, 0.15) is 18.4 Å². The van der Waals surface area contributed by atoms with Gasteiger partial charge >= 0.3 is 0 Å². The number of rotatable bonds is 5. The number of anilines is 1. The zero-order valence-corrected chi connectivity index (χ0v) is 16.1. The van der Waals surface area contributed by atoms with Crippen LogP contribution in [0.3, 0.4) is 0 Å². The fraction of sp³-hybridized carbons (Fsp3) is 0.208. The van der Waals surface area contributed by atoms with Crippen molar-refractivity contribution < 1.29 is 19.0 Å². The molecule has 1 N–H and O–H groups in total. The molecule has 3 aromatic carbocycles. The Kier molecular flexibility index (Phi) is 4.16. The zero-order valence-electron chi connectivity index (χ0n) is 16.1. The van der Waals surface area contributed by atoms with Crippen LogP contribution >= 0.6 is 0 Å². The van der Waals surface area contributed by atoms with Crippen LogP contribution in [0.15, 0.2) is 66.7 Å². The van der Waals surface area contributed by atoms with Crippen LogP contribution in [0.25, 0.3) is 11.1 Å². The van der Waals surface area contributed by atoms with Crippen molar-refractivity contribution in [2.24, 2.45) is 0 Å². The molecule has 0 atom stereocenters. The molecular formula is C24H21NO4. The smallest absolute Gasteiger partial charge is 0.235 e. The highest BCUT2D eigenvalue weighted by molar-refractivity contribution is 6.01. The largest absolute Gasteiger partial charge is 0.497 e. The first-order valence-electron chi connectivity index (χ1n) is 9.64. The summed E-state index contributed by atoms with van der Waals surface area (Å²) in [6, 6.07) is 21.6. The lowest BCUT2D eigenvalue weighted by Gasteiger charge is -2.16. The quantitative estimate of drug-likeness (QED) is 0.686.